The molecule has 1 aromatic rings. The van der Waals surface area contributed by atoms with Crippen molar-refractivity contribution in [1.82, 2.24) is 4.98 Å². The van der Waals surface area contributed by atoms with Crippen LogP contribution < -0.4 is 10.6 Å². The van der Waals surface area contributed by atoms with Crippen LogP contribution in [-0.2, 0) is 9.47 Å². The summed E-state index contributed by atoms with van der Waals surface area (Å²) in [6, 6.07) is 1.38. The van der Waals surface area contributed by atoms with Crippen LogP contribution in [0.15, 0.2) is 12.3 Å². The lowest BCUT2D eigenvalue weighted by molar-refractivity contribution is 0.0429. The third-order valence-corrected chi connectivity index (χ3v) is 2.48. The number of imide groups is 1. The number of ether oxygens (including phenoxy) is 2. The molecule has 0 bridgehead atoms. The zero-order valence-electron chi connectivity index (χ0n) is 14.1. The van der Waals surface area contributed by atoms with Crippen molar-refractivity contribution in [2.75, 3.05) is 10.6 Å². The monoisotopic (exact) mass is 343 g/mol. The van der Waals surface area contributed by atoms with Gasteiger partial charge in [0.2, 0.25) is 0 Å². The zero-order chi connectivity index (χ0) is 18.0. The van der Waals surface area contributed by atoms with Crippen LogP contribution in [0.4, 0.5) is 21.1 Å². The van der Waals surface area contributed by atoms with Gasteiger partial charge < -0.3 is 15.2 Å². The molecular weight excluding hydrogens is 322 g/mol. The first-order chi connectivity index (χ1) is 10.3. The number of nitrogen functional groups attached to an aromatic ring is 1. The highest BCUT2D eigenvalue weighted by Gasteiger charge is 2.34. The van der Waals surface area contributed by atoms with Gasteiger partial charge in [-0.05, 0) is 47.6 Å². The SMILES string of the molecule is CC(C)(C)OC(=O)N(C(=O)OC(C)(C)C)c1ncc(N)cc1Cl. The van der Waals surface area contributed by atoms with Crippen LogP contribution >= 0.6 is 11.6 Å². The lowest BCUT2D eigenvalue weighted by Crippen LogP contribution is -2.44. The van der Waals surface area contributed by atoms with Gasteiger partial charge in [-0.25, -0.2) is 14.6 Å². The molecule has 1 heterocycles. The van der Waals surface area contributed by atoms with Crippen molar-refractivity contribution < 1.29 is 19.1 Å². The van der Waals surface area contributed by atoms with E-state index in [1.807, 2.05) is 0 Å². The van der Waals surface area contributed by atoms with Crippen molar-refractivity contribution in [2.24, 2.45) is 0 Å². The summed E-state index contributed by atoms with van der Waals surface area (Å²) in [7, 11) is 0. The predicted molar refractivity (Wildman–Crippen MR) is 88.6 cm³/mol. The maximum Gasteiger partial charge on any atom is 0.425 e. The summed E-state index contributed by atoms with van der Waals surface area (Å²) in [5.74, 6) is -0.107. The summed E-state index contributed by atoms with van der Waals surface area (Å²) in [6.45, 7) is 10.1. The summed E-state index contributed by atoms with van der Waals surface area (Å²) < 4.78 is 10.5. The second kappa shape index (κ2) is 6.62. The molecule has 0 aliphatic carbocycles. The van der Waals surface area contributed by atoms with Gasteiger partial charge in [0.05, 0.1) is 16.9 Å². The number of pyridine rings is 1. The number of amides is 2. The molecule has 7 nitrogen and oxygen atoms in total. The quantitative estimate of drug-likeness (QED) is 0.828. The molecule has 2 amide bonds. The highest BCUT2D eigenvalue weighted by atomic mass is 35.5. The number of aromatic nitrogens is 1. The van der Waals surface area contributed by atoms with Crippen molar-refractivity contribution in [3.8, 4) is 0 Å². The van der Waals surface area contributed by atoms with Gasteiger partial charge >= 0.3 is 12.2 Å². The zero-order valence-corrected chi connectivity index (χ0v) is 14.9. The van der Waals surface area contributed by atoms with E-state index in [1.54, 1.807) is 41.5 Å². The topological polar surface area (TPSA) is 94.8 Å². The molecule has 0 fully saturated rings. The minimum Gasteiger partial charge on any atom is -0.443 e. The second-order valence-corrected chi connectivity index (χ2v) is 7.28. The summed E-state index contributed by atoms with van der Waals surface area (Å²) in [5, 5.41) is 0.0294. The molecule has 0 aliphatic rings. The van der Waals surface area contributed by atoms with Gasteiger partial charge in [-0.2, -0.15) is 4.90 Å². The molecule has 1 rings (SSSR count). The first-order valence-electron chi connectivity index (χ1n) is 6.97. The number of nitrogens with two attached hydrogens (primary N) is 1. The molecule has 0 atom stereocenters. The van der Waals surface area contributed by atoms with Crippen LogP contribution in [0, 0.1) is 0 Å². The largest absolute Gasteiger partial charge is 0.443 e. The molecule has 0 saturated carbocycles. The summed E-state index contributed by atoms with van der Waals surface area (Å²) >= 11 is 6.06. The van der Waals surface area contributed by atoms with Gasteiger partial charge in [0, 0.05) is 0 Å². The number of nitrogens with zero attached hydrogens (tertiary/aromatic N) is 2. The number of rotatable bonds is 1. The number of anilines is 2. The van der Waals surface area contributed by atoms with Crippen molar-refractivity contribution in [3.63, 3.8) is 0 Å². The minimum atomic E-state index is -0.939. The Morgan fingerprint density at radius 1 is 1.09 bits per heavy atom. The molecule has 128 valence electrons. The molecule has 8 heteroatoms. The Balaban J connectivity index is 3.25. The molecule has 0 aromatic carbocycles. The molecule has 0 radical (unpaired) electrons. The highest BCUT2D eigenvalue weighted by Crippen LogP contribution is 2.28. The van der Waals surface area contributed by atoms with Gasteiger partial charge in [-0.15, -0.1) is 0 Å². The molecule has 2 N–H and O–H groups in total. The number of carbonyl (C=O) groups is 2. The molecule has 0 saturated heterocycles. The van der Waals surface area contributed by atoms with Gasteiger partial charge in [-0.1, -0.05) is 11.6 Å². The molecule has 0 unspecified atom stereocenters. The van der Waals surface area contributed by atoms with E-state index in [2.05, 4.69) is 4.98 Å². The highest BCUT2D eigenvalue weighted by molar-refractivity contribution is 6.34. The van der Waals surface area contributed by atoms with Gasteiger partial charge in [-0.3, -0.25) is 0 Å². The summed E-state index contributed by atoms with van der Waals surface area (Å²) in [5.41, 5.74) is 4.27. The maximum atomic E-state index is 12.4. The third kappa shape index (κ3) is 5.94. The average molecular weight is 344 g/mol. The maximum absolute atomic E-state index is 12.4. The number of halogens is 1. The Kier molecular flexibility index (Phi) is 5.47. The van der Waals surface area contributed by atoms with Gasteiger partial charge in [0.25, 0.3) is 0 Å². The van der Waals surface area contributed by atoms with Crippen LogP contribution in [0.25, 0.3) is 0 Å². The van der Waals surface area contributed by atoms with E-state index >= 15 is 0 Å². The van der Waals surface area contributed by atoms with E-state index in [0.29, 0.717) is 10.6 Å². The van der Waals surface area contributed by atoms with Gasteiger partial charge in [0.15, 0.2) is 5.82 Å². The van der Waals surface area contributed by atoms with E-state index in [1.165, 1.54) is 12.3 Å². The van der Waals surface area contributed by atoms with Crippen LogP contribution in [0.3, 0.4) is 0 Å². The molecule has 23 heavy (non-hydrogen) atoms. The Morgan fingerprint density at radius 3 is 1.87 bits per heavy atom. The third-order valence-electron chi connectivity index (χ3n) is 2.21. The molecular formula is C15H22ClN3O4. The Bertz CT molecular complexity index is 578. The lowest BCUT2D eigenvalue weighted by Gasteiger charge is -2.28. The van der Waals surface area contributed by atoms with Crippen molar-refractivity contribution in [2.45, 2.75) is 52.7 Å². The first-order valence-corrected chi connectivity index (χ1v) is 7.35. The van der Waals surface area contributed by atoms with Crippen LogP contribution in [-0.4, -0.2) is 28.4 Å². The van der Waals surface area contributed by atoms with E-state index in [0.717, 1.165) is 0 Å². The minimum absolute atomic E-state index is 0.0294. The Labute approximate surface area is 140 Å². The van der Waals surface area contributed by atoms with Crippen LogP contribution in [0.5, 0.6) is 0 Å². The fourth-order valence-corrected chi connectivity index (χ4v) is 1.73. The molecule has 0 aliphatic heterocycles. The average Bonchev–Trinajstić information content (AvgIpc) is 2.27. The summed E-state index contributed by atoms with van der Waals surface area (Å²) in [6.07, 6.45) is -0.597. The standard InChI is InChI=1S/C15H22ClN3O4/c1-14(2,3)22-12(20)19(13(21)23-15(4,5)6)11-10(16)7-9(17)8-18-11/h7-8H,17H2,1-6H3. The second-order valence-electron chi connectivity index (χ2n) is 6.87. The van der Waals surface area contributed by atoms with Gasteiger partial charge in [0.1, 0.15) is 11.2 Å². The summed E-state index contributed by atoms with van der Waals surface area (Å²) in [4.78, 5) is 29.4. The Morgan fingerprint density at radius 2 is 1.52 bits per heavy atom. The number of hydrogen-bond donors (Lipinski definition) is 1. The van der Waals surface area contributed by atoms with Crippen LogP contribution in [0.1, 0.15) is 41.5 Å². The molecule has 0 spiro atoms. The fourth-order valence-electron chi connectivity index (χ4n) is 1.47. The number of carbonyl (C=O) groups excluding carboxylic acids is 2. The van der Waals surface area contributed by atoms with Crippen LogP contribution in [0.2, 0.25) is 5.02 Å². The number of hydrogen-bond acceptors (Lipinski definition) is 6. The normalized spacial score (nSPS) is 11.8. The first kappa shape index (κ1) is 19.0. The van der Waals surface area contributed by atoms with Crippen molar-refractivity contribution >= 4 is 35.3 Å². The molecule has 1 aromatic heterocycles. The van der Waals surface area contributed by atoms with Crippen molar-refractivity contribution in [1.29, 1.82) is 0 Å². The Hall–Kier alpha value is -2.02. The fraction of sp³-hybridized carbons (Fsp3) is 0.533. The lowest BCUT2D eigenvalue weighted by atomic mass is 10.2. The van der Waals surface area contributed by atoms with E-state index in [4.69, 9.17) is 26.8 Å². The van der Waals surface area contributed by atoms with E-state index < -0.39 is 23.4 Å². The van der Waals surface area contributed by atoms with E-state index in [9.17, 15) is 9.59 Å². The smallest absolute Gasteiger partial charge is 0.425 e. The van der Waals surface area contributed by atoms with E-state index in [-0.39, 0.29) is 10.8 Å². The van der Waals surface area contributed by atoms with Crippen molar-refractivity contribution in [3.05, 3.63) is 17.3 Å². The predicted octanol–water partition coefficient (Wildman–Crippen LogP) is 3.99.